The number of pyridine rings is 1. The average Bonchev–Trinajstić information content (AvgIpc) is 2.74. The first-order chi connectivity index (χ1) is 16.7. The summed E-state index contributed by atoms with van der Waals surface area (Å²) in [6, 6.07) is 5.00. The molecule has 0 bridgehead atoms. The molecule has 36 heavy (non-hydrogen) atoms. The number of anilines is 1. The second-order valence-corrected chi connectivity index (χ2v) is 8.32. The lowest BCUT2D eigenvalue weighted by Gasteiger charge is -2.49. The summed E-state index contributed by atoms with van der Waals surface area (Å²) in [6.45, 7) is 0.471. The summed E-state index contributed by atoms with van der Waals surface area (Å²) in [5.74, 6) is -6.20. The highest BCUT2D eigenvalue weighted by Gasteiger charge is 2.48. The minimum atomic E-state index is -5.15. The van der Waals surface area contributed by atoms with Crippen molar-refractivity contribution in [2.75, 3.05) is 18.0 Å². The summed E-state index contributed by atoms with van der Waals surface area (Å²) in [5.41, 5.74) is -3.76. The Kier molecular flexibility index (Phi) is 5.85. The Morgan fingerprint density at radius 1 is 1.11 bits per heavy atom. The number of hydrogen-bond donors (Lipinski definition) is 2. The lowest BCUT2D eigenvalue weighted by Crippen LogP contribution is -2.70. The van der Waals surface area contributed by atoms with E-state index in [-0.39, 0.29) is 5.69 Å². The zero-order valence-corrected chi connectivity index (χ0v) is 18.1. The van der Waals surface area contributed by atoms with Crippen molar-refractivity contribution in [3.05, 3.63) is 64.2 Å². The number of aromatic nitrogens is 1. The van der Waals surface area contributed by atoms with E-state index >= 15 is 8.78 Å². The summed E-state index contributed by atoms with van der Waals surface area (Å²) in [6.07, 6.45) is -6.18. The minimum absolute atomic E-state index is 0.0546. The summed E-state index contributed by atoms with van der Waals surface area (Å²) >= 11 is 0. The number of carbonyl (C=O) groups is 2. The molecule has 1 aliphatic heterocycles. The van der Waals surface area contributed by atoms with E-state index in [0.29, 0.717) is 6.07 Å². The number of carboxylic acid groups (broad SMARTS) is 1. The molecule has 0 spiro atoms. The quantitative estimate of drug-likeness (QED) is 0.406. The average molecular weight is 515 g/mol. The Labute approximate surface area is 197 Å². The van der Waals surface area contributed by atoms with Crippen molar-refractivity contribution >= 4 is 28.7 Å². The SMILES string of the molecule is CC1(NC(=O)C(F)(F)F)CN(c2c(F)cc3c(=O)c(OC(=O)O)cn(-c4ccc(F)cc4)c3c2F)C1. The summed E-state index contributed by atoms with van der Waals surface area (Å²) in [5, 5.41) is 10.1. The van der Waals surface area contributed by atoms with E-state index in [1.54, 1.807) is 5.32 Å². The van der Waals surface area contributed by atoms with E-state index in [9.17, 15) is 31.9 Å². The van der Waals surface area contributed by atoms with Gasteiger partial charge in [0, 0.05) is 18.8 Å². The monoisotopic (exact) mass is 515 g/mol. The molecule has 0 atom stereocenters. The molecule has 0 aliphatic carbocycles. The van der Waals surface area contributed by atoms with Gasteiger partial charge in [-0.2, -0.15) is 13.2 Å². The van der Waals surface area contributed by atoms with Gasteiger partial charge in [0.1, 0.15) is 17.3 Å². The van der Waals surface area contributed by atoms with Gasteiger partial charge in [-0.15, -0.1) is 0 Å². The molecule has 2 aromatic carbocycles. The predicted molar refractivity (Wildman–Crippen MR) is 113 cm³/mol. The number of fused-ring (bicyclic) bond motifs is 1. The van der Waals surface area contributed by atoms with Crippen LogP contribution in [0.1, 0.15) is 6.92 Å². The smallest absolute Gasteiger partial charge is 0.449 e. The summed E-state index contributed by atoms with van der Waals surface area (Å²) in [4.78, 5) is 36.0. The molecule has 1 aromatic heterocycles. The van der Waals surface area contributed by atoms with Crippen molar-refractivity contribution < 1.29 is 45.8 Å². The van der Waals surface area contributed by atoms with Crippen LogP contribution < -0.4 is 20.4 Å². The van der Waals surface area contributed by atoms with Gasteiger partial charge < -0.3 is 24.6 Å². The van der Waals surface area contributed by atoms with Crippen molar-refractivity contribution in [1.82, 2.24) is 9.88 Å². The van der Waals surface area contributed by atoms with Gasteiger partial charge in [-0.3, -0.25) is 9.59 Å². The number of carbonyl (C=O) groups excluding carboxylic acids is 1. The fraction of sp³-hybridized carbons (Fsp3) is 0.227. The van der Waals surface area contributed by atoms with Crippen LogP contribution in [0.5, 0.6) is 5.75 Å². The second kappa shape index (κ2) is 8.46. The third-order valence-corrected chi connectivity index (χ3v) is 5.49. The van der Waals surface area contributed by atoms with E-state index in [1.165, 1.54) is 19.1 Å². The van der Waals surface area contributed by atoms with Crippen LogP contribution in [0.2, 0.25) is 0 Å². The maximum Gasteiger partial charge on any atom is 0.511 e. The third kappa shape index (κ3) is 4.41. The zero-order valence-electron chi connectivity index (χ0n) is 18.1. The van der Waals surface area contributed by atoms with Crippen molar-refractivity contribution in [2.24, 2.45) is 0 Å². The fourth-order valence-corrected chi connectivity index (χ4v) is 4.02. The lowest BCUT2D eigenvalue weighted by molar-refractivity contribution is -0.175. The van der Waals surface area contributed by atoms with Gasteiger partial charge in [-0.1, -0.05) is 0 Å². The maximum atomic E-state index is 15.8. The first-order valence-electron chi connectivity index (χ1n) is 10.1. The Hall–Kier alpha value is -4.23. The normalized spacial score (nSPS) is 14.9. The van der Waals surface area contributed by atoms with E-state index in [4.69, 9.17) is 5.11 Å². The number of alkyl halides is 3. The molecule has 1 aliphatic rings. The van der Waals surface area contributed by atoms with Gasteiger partial charge in [-0.05, 0) is 37.3 Å². The first kappa shape index (κ1) is 24.9. The van der Waals surface area contributed by atoms with Crippen LogP contribution in [0.25, 0.3) is 16.6 Å². The number of amides is 1. The predicted octanol–water partition coefficient (Wildman–Crippen LogP) is 3.72. The first-order valence-corrected chi connectivity index (χ1v) is 10.1. The maximum absolute atomic E-state index is 15.8. The van der Waals surface area contributed by atoms with E-state index in [0.717, 1.165) is 27.8 Å². The molecule has 1 saturated heterocycles. The molecule has 8 nitrogen and oxygen atoms in total. The lowest BCUT2D eigenvalue weighted by atomic mass is 9.91. The summed E-state index contributed by atoms with van der Waals surface area (Å²) < 4.78 is 87.4. The molecule has 3 aromatic rings. The standard InChI is InChI=1S/C22H15F6N3O5/c1-21(29-19(33)22(26,27)28)8-30(9-21)17-13(24)6-12-16(15(17)25)31(11-4-2-10(23)3-5-11)7-14(18(12)32)36-20(34)35/h2-7H,8-9H2,1H3,(H,29,33)(H,34,35). The number of nitrogens with zero attached hydrogens (tertiary/aromatic N) is 2. The highest BCUT2D eigenvalue weighted by atomic mass is 19.4. The van der Waals surface area contributed by atoms with Gasteiger partial charge in [0.05, 0.1) is 22.6 Å². The van der Waals surface area contributed by atoms with Gasteiger partial charge in [0.2, 0.25) is 5.43 Å². The molecular weight excluding hydrogens is 500 g/mol. The molecule has 190 valence electrons. The van der Waals surface area contributed by atoms with E-state index in [2.05, 4.69) is 4.74 Å². The fourth-order valence-electron chi connectivity index (χ4n) is 4.02. The van der Waals surface area contributed by atoms with Gasteiger partial charge in [-0.25, -0.2) is 18.0 Å². The Balaban J connectivity index is 1.84. The minimum Gasteiger partial charge on any atom is -0.449 e. The molecule has 0 unspecified atom stereocenters. The molecule has 4 rings (SSSR count). The molecule has 2 heterocycles. The third-order valence-electron chi connectivity index (χ3n) is 5.49. The molecule has 0 radical (unpaired) electrons. The number of benzene rings is 2. The van der Waals surface area contributed by atoms with Crippen molar-refractivity contribution in [1.29, 1.82) is 0 Å². The van der Waals surface area contributed by atoms with Crippen molar-refractivity contribution in [3.63, 3.8) is 0 Å². The number of halogens is 6. The van der Waals surface area contributed by atoms with Crippen LogP contribution in [0, 0.1) is 17.5 Å². The van der Waals surface area contributed by atoms with E-state index < -0.39 is 82.1 Å². The largest absolute Gasteiger partial charge is 0.511 e. The zero-order chi connectivity index (χ0) is 26.6. The number of nitrogens with one attached hydrogen (secondary N) is 1. The second-order valence-electron chi connectivity index (χ2n) is 8.32. The number of hydrogen-bond acceptors (Lipinski definition) is 5. The Bertz CT molecular complexity index is 1450. The highest BCUT2D eigenvalue weighted by Crippen LogP contribution is 2.37. The highest BCUT2D eigenvalue weighted by molar-refractivity contribution is 5.88. The van der Waals surface area contributed by atoms with Crippen LogP contribution in [0.15, 0.2) is 41.3 Å². The van der Waals surface area contributed by atoms with Crippen LogP contribution in [0.3, 0.4) is 0 Å². The summed E-state index contributed by atoms with van der Waals surface area (Å²) in [7, 11) is 0. The molecule has 0 saturated carbocycles. The molecular formula is C22H15F6N3O5. The number of rotatable bonds is 4. The van der Waals surface area contributed by atoms with Gasteiger partial charge >= 0.3 is 18.2 Å². The van der Waals surface area contributed by atoms with Crippen LogP contribution >= 0.6 is 0 Å². The number of ether oxygens (including phenoxy) is 1. The Morgan fingerprint density at radius 2 is 1.72 bits per heavy atom. The van der Waals surface area contributed by atoms with E-state index in [1.807, 2.05) is 0 Å². The van der Waals surface area contributed by atoms with Crippen LogP contribution in [-0.4, -0.2) is 46.5 Å². The Morgan fingerprint density at radius 3 is 2.28 bits per heavy atom. The van der Waals surface area contributed by atoms with Gasteiger partial charge in [0.15, 0.2) is 11.6 Å². The van der Waals surface area contributed by atoms with Gasteiger partial charge in [0.25, 0.3) is 0 Å². The topological polar surface area (TPSA) is 101 Å². The van der Waals surface area contributed by atoms with Crippen LogP contribution in [0.4, 0.5) is 36.8 Å². The molecule has 14 heteroatoms. The molecule has 2 N–H and O–H groups in total. The molecule has 1 fully saturated rings. The van der Waals surface area contributed by atoms with Crippen molar-refractivity contribution in [3.8, 4) is 11.4 Å². The van der Waals surface area contributed by atoms with Crippen LogP contribution in [-0.2, 0) is 4.79 Å². The van der Waals surface area contributed by atoms with Crippen molar-refractivity contribution in [2.45, 2.75) is 18.6 Å². The molecule has 1 amide bonds.